The summed E-state index contributed by atoms with van der Waals surface area (Å²) in [6.45, 7) is 1.69. The van der Waals surface area contributed by atoms with E-state index in [1.54, 1.807) is 7.05 Å². The number of hydrogen-bond donors (Lipinski definition) is 2. The minimum Gasteiger partial charge on any atom is -0.374 e. The van der Waals surface area contributed by atoms with Gasteiger partial charge in [0.15, 0.2) is 0 Å². The third kappa shape index (κ3) is 6.67. The van der Waals surface area contributed by atoms with E-state index in [1.807, 2.05) is 91.0 Å². The quantitative estimate of drug-likeness (QED) is 0.406. The van der Waals surface area contributed by atoms with Gasteiger partial charge in [-0.2, -0.15) is 0 Å². The Morgan fingerprint density at radius 2 is 1.34 bits per heavy atom. The highest BCUT2D eigenvalue weighted by atomic mass is 16.6. The van der Waals surface area contributed by atoms with E-state index in [2.05, 4.69) is 10.6 Å². The van der Waals surface area contributed by atoms with Crippen molar-refractivity contribution in [3.8, 4) is 0 Å². The van der Waals surface area contributed by atoms with Crippen molar-refractivity contribution in [1.29, 1.82) is 0 Å². The summed E-state index contributed by atoms with van der Waals surface area (Å²) in [4.78, 5) is 12.5. The van der Waals surface area contributed by atoms with Crippen LogP contribution in [0.5, 0.6) is 0 Å². The Labute approximate surface area is 224 Å². The van der Waals surface area contributed by atoms with Gasteiger partial charge in [0.2, 0.25) is 5.91 Å². The lowest BCUT2D eigenvalue weighted by atomic mass is 9.93. The van der Waals surface area contributed by atoms with Gasteiger partial charge in [0, 0.05) is 7.05 Å². The van der Waals surface area contributed by atoms with E-state index in [4.69, 9.17) is 18.9 Å². The predicted molar refractivity (Wildman–Crippen MR) is 144 cm³/mol. The third-order valence-electron chi connectivity index (χ3n) is 7.18. The van der Waals surface area contributed by atoms with Gasteiger partial charge < -0.3 is 24.3 Å². The molecular weight excluding hydrogens is 480 g/mol. The van der Waals surface area contributed by atoms with Crippen LogP contribution in [0.15, 0.2) is 91.0 Å². The number of hydrogen-bond acceptors (Lipinski definition) is 6. The molecule has 2 fully saturated rings. The lowest BCUT2D eigenvalue weighted by Crippen LogP contribution is -2.62. The van der Waals surface area contributed by atoms with Crippen LogP contribution < -0.4 is 10.6 Å². The van der Waals surface area contributed by atoms with Gasteiger partial charge in [0.1, 0.15) is 18.3 Å². The van der Waals surface area contributed by atoms with Gasteiger partial charge in [-0.15, -0.1) is 0 Å². The van der Waals surface area contributed by atoms with Crippen LogP contribution in [0.25, 0.3) is 0 Å². The molecule has 0 spiro atoms. The van der Waals surface area contributed by atoms with Crippen molar-refractivity contribution in [1.82, 2.24) is 10.6 Å². The van der Waals surface area contributed by atoms with Gasteiger partial charge in [0.25, 0.3) is 0 Å². The molecule has 38 heavy (non-hydrogen) atoms. The molecule has 1 amide bonds. The van der Waals surface area contributed by atoms with E-state index in [0.717, 1.165) is 16.7 Å². The monoisotopic (exact) mass is 516 g/mol. The maximum absolute atomic E-state index is 12.5. The molecule has 3 aromatic rings. The zero-order valence-corrected chi connectivity index (χ0v) is 21.7. The zero-order chi connectivity index (χ0) is 26.2. The summed E-state index contributed by atoms with van der Waals surface area (Å²) in [7, 11) is 1.65. The fourth-order valence-electron chi connectivity index (χ4n) is 5.24. The molecule has 0 radical (unpaired) electrons. The molecule has 0 bridgehead atoms. The predicted octanol–water partition coefficient (Wildman–Crippen LogP) is 3.62. The Morgan fingerprint density at radius 1 is 0.816 bits per heavy atom. The summed E-state index contributed by atoms with van der Waals surface area (Å²) >= 11 is 0. The van der Waals surface area contributed by atoms with Gasteiger partial charge in [0.05, 0.1) is 44.6 Å². The molecule has 0 unspecified atom stereocenters. The Morgan fingerprint density at radius 3 is 1.89 bits per heavy atom. The van der Waals surface area contributed by atoms with Crippen LogP contribution in [0.2, 0.25) is 0 Å². The van der Waals surface area contributed by atoms with Gasteiger partial charge in [-0.3, -0.25) is 10.1 Å². The standard InChI is InChI=1S/C31H36N2O5/c1-32-31(34)25-17-26-28(33-25)30(37-20-24-15-9-4-10-16-24)29(36-19-23-13-7-3-8-14-23)27(38-26)21-35-18-22-11-5-2-6-12-22/h2-16,25-30,33H,17-21H2,1H3,(H,32,34)/t25-,26+,27+,28-,29+,30+/m0/s1. The van der Waals surface area contributed by atoms with Gasteiger partial charge >= 0.3 is 0 Å². The summed E-state index contributed by atoms with van der Waals surface area (Å²) < 4.78 is 25.9. The molecular formula is C31H36N2O5. The molecule has 2 aliphatic rings. The van der Waals surface area contributed by atoms with Gasteiger partial charge in [-0.25, -0.2) is 0 Å². The fourth-order valence-corrected chi connectivity index (χ4v) is 5.24. The molecule has 2 saturated heterocycles. The number of carbonyl (C=O) groups excluding carboxylic acids is 1. The Balaban J connectivity index is 1.36. The second kappa shape index (κ2) is 13.1. The van der Waals surface area contributed by atoms with E-state index in [1.165, 1.54) is 0 Å². The van der Waals surface area contributed by atoms with Crippen molar-refractivity contribution in [2.75, 3.05) is 13.7 Å². The summed E-state index contributed by atoms with van der Waals surface area (Å²) in [5.74, 6) is -0.0524. The second-order valence-electron chi connectivity index (χ2n) is 9.83. The van der Waals surface area contributed by atoms with Crippen molar-refractivity contribution < 1.29 is 23.7 Å². The number of likely N-dealkylation sites (N-methyl/N-ethyl adjacent to an activating group) is 1. The van der Waals surface area contributed by atoms with E-state index in [0.29, 0.717) is 32.8 Å². The van der Waals surface area contributed by atoms with Crippen LogP contribution in [-0.2, 0) is 43.6 Å². The first-order chi connectivity index (χ1) is 18.7. The first-order valence-electron chi connectivity index (χ1n) is 13.3. The van der Waals surface area contributed by atoms with Crippen molar-refractivity contribution in [2.24, 2.45) is 0 Å². The maximum atomic E-state index is 12.5. The SMILES string of the molecule is CNC(=O)[C@@H]1C[C@H]2O[C@H](COCc3ccccc3)[C@@H](OCc3ccccc3)[C@H](OCc3ccccc3)[C@H]2N1. The molecule has 5 rings (SSSR count). The summed E-state index contributed by atoms with van der Waals surface area (Å²) in [6, 6.07) is 29.7. The topological polar surface area (TPSA) is 78.1 Å². The van der Waals surface area contributed by atoms with E-state index >= 15 is 0 Å². The van der Waals surface area contributed by atoms with Crippen LogP contribution in [0.4, 0.5) is 0 Å². The molecule has 7 nitrogen and oxygen atoms in total. The fraction of sp³-hybridized carbons (Fsp3) is 0.387. The first kappa shape index (κ1) is 26.5. The molecule has 2 heterocycles. The van der Waals surface area contributed by atoms with Crippen molar-refractivity contribution in [3.05, 3.63) is 108 Å². The number of ether oxygens (including phenoxy) is 4. The smallest absolute Gasteiger partial charge is 0.236 e. The first-order valence-corrected chi connectivity index (χ1v) is 13.3. The van der Waals surface area contributed by atoms with Gasteiger partial charge in [-0.1, -0.05) is 91.0 Å². The van der Waals surface area contributed by atoms with Crippen molar-refractivity contribution in [3.63, 3.8) is 0 Å². The van der Waals surface area contributed by atoms with Crippen molar-refractivity contribution >= 4 is 5.91 Å². The summed E-state index contributed by atoms with van der Waals surface area (Å²) in [6.07, 6.45) is -0.713. The molecule has 0 aliphatic carbocycles. The number of fused-ring (bicyclic) bond motifs is 1. The summed E-state index contributed by atoms with van der Waals surface area (Å²) in [5.41, 5.74) is 3.25. The normalized spacial score (nSPS) is 26.6. The van der Waals surface area contributed by atoms with Crippen LogP contribution in [-0.4, -0.2) is 56.1 Å². The number of amides is 1. The average molecular weight is 517 g/mol. The third-order valence-corrected chi connectivity index (χ3v) is 7.18. The van der Waals surface area contributed by atoms with E-state index in [-0.39, 0.29) is 36.3 Å². The molecule has 3 aromatic carbocycles. The number of benzene rings is 3. The van der Waals surface area contributed by atoms with Crippen LogP contribution >= 0.6 is 0 Å². The minimum atomic E-state index is -0.396. The largest absolute Gasteiger partial charge is 0.374 e. The molecule has 7 heteroatoms. The van der Waals surface area contributed by atoms with Crippen LogP contribution in [0, 0.1) is 0 Å². The average Bonchev–Trinajstić information content (AvgIpc) is 3.40. The lowest BCUT2D eigenvalue weighted by molar-refractivity contribution is -0.225. The Hall–Kier alpha value is -3.07. The van der Waals surface area contributed by atoms with E-state index in [9.17, 15) is 4.79 Å². The minimum absolute atomic E-state index is 0.0524. The lowest BCUT2D eigenvalue weighted by Gasteiger charge is -2.44. The number of rotatable bonds is 11. The van der Waals surface area contributed by atoms with Gasteiger partial charge in [-0.05, 0) is 23.1 Å². The Bertz CT molecular complexity index is 1130. The molecule has 200 valence electrons. The molecule has 2 N–H and O–H groups in total. The molecule has 6 atom stereocenters. The molecule has 0 saturated carbocycles. The highest BCUT2D eigenvalue weighted by Gasteiger charge is 2.52. The second-order valence-corrected chi connectivity index (χ2v) is 9.83. The highest BCUT2D eigenvalue weighted by Crippen LogP contribution is 2.34. The Kier molecular flexibility index (Phi) is 9.17. The zero-order valence-electron chi connectivity index (χ0n) is 21.7. The number of nitrogens with one attached hydrogen (secondary N) is 2. The highest BCUT2D eigenvalue weighted by molar-refractivity contribution is 5.82. The summed E-state index contributed by atoms with van der Waals surface area (Å²) in [5, 5.41) is 6.23. The van der Waals surface area contributed by atoms with Crippen molar-refractivity contribution in [2.45, 2.75) is 62.7 Å². The van der Waals surface area contributed by atoms with Crippen LogP contribution in [0.3, 0.4) is 0 Å². The van der Waals surface area contributed by atoms with Crippen LogP contribution in [0.1, 0.15) is 23.1 Å². The molecule has 0 aromatic heterocycles. The maximum Gasteiger partial charge on any atom is 0.236 e. The molecule has 2 aliphatic heterocycles. The number of carbonyl (C=O) groups is 1. The van der Waals surface area contributed by atoms with E-state index < -0.39 is 6.10 Å².